The molecule has 0 bridgehead atoms. The number of rotatable bonds is 2. The Labute approximate surface area is 73.3 Å². The molecule has 12 heavy (non-hydrogen) atoms. The molecule has 1 aliphatic carbocycles. The number of carbonyl (C=O) groups is 2. The maximum atomic E-state index is 11.2. The van der Waals surface area contributed by atoms with Crippen LogP contribution in [0.3, 0.4) is 0 Å². The molecule has 2 nitrogen and oxygen atoms in total. The van der Waals surface area contributed by atoms with E-state index < -0.39 is 0 Å². The van der Waals surface area contributed by atoms with Gasteiger partial charge in [0.25, 0.3) is 0 Å². The number of hydrogen-bond donors (Lipinski definition) is 0. The van der Waals surface area contributed by atoms with E-state index >= 15 is 0 Å². The summed E-state index contributed by atoms with van der Waals surface area (Å²) in [5.41, 5.74) is 0.114. The van der Waals surface area contributed by atoms with Crippen LogP contribution in [0.2, 0.25) is 0 Å². The standard InChI is InChI=1S/C10H16O2/c1-10(2)6-8(3-4-11)5-9(12)7-10/h4,8H,3,5-7H2,1-2H3. The predicted molar refractivity (Wildman–Crippen MR) is 46.8 cm³/mol. The Morgan fingerprint density at radius 2 is 2.25 bits per heavy atom. The lowest BCUT2D eigenvalue weighted by Gasteiger charge is -2.33. The molecule has 1 rings (SSSR count). The van der Waals surface area contributed by atoms with Crippen LogP contribution in [0.25, 0.3) is 0 Å². The molecule has 1 fully saturated rings. The van der Waals surface area contributed by atoms with Crippen LogP contribution in [0.4, 0.5) is 0 Å². The van der Waals surface area contributed by atoms with E-state index in [1.165, 1.54) is 0 Å². The molecule has 1 unspecified atom stereocenters. The third kappa shape index (κ3) is 2.43. The summed E-state index contributed by atoms with van der Waals surface area (Å²) in [5.74, 6) is 0.622. The van der Waals surface area contributed by atoms with Crippen molar-refractivity contribution in [1.82, 2.24) is 0 Å². The zero-order valence-corrected chi connectivity index (χ0v) is 7.80. The van der Waals surface area contributed by atoms with Gasteiger partial charge < -0.3 is 4.79 Å². The van der Waals surface area contributed by atoms with Crippen LogP contribution in [-0.2, 0) is 9.59 Å². The second-order valence-electron chi connectivity index (χ2n) is 4.56. The Balaban J connectivity index is 2.57. The molecule has 0 radical (unpaired) electrons. The minimum absolute atomic E-state index is 0.114. The van der Waals surface area contributed by atoms with Crippen molar-refractivity contribution in [1.29, 1.82) is 0 Å². The summed E-state index contributed by atoms with van der Waals surface area (Å²) in [4.78, 5) is 21.5. The van der Waals surface area contributed by atoms with Gasteiger partial charge in [0.1, 0.15) is 12.1 Å². The maximum absolute atomic E-state index is 11.2. The third-order valence-corrected chi connectivity index (χ3v) is 2.46. The smallest absolute Gasteiger partial charge is 0.133 e. The molecule has 0 aromatic carbocycles. The first kappa shape index (κ1) is 9.43. The summed E-state index contributed by atoms with van der Waals surface area (Å²) in [6, 6.07) is 0. The van der Waals surface area contributed by atoms with Gasteiger partial charge in [0.2, 0.25) is 0 Å². The van der Waals surface area contributed by atoms with Gasteiger partial charge in [0.05, 0.1) is 0 Å². The number of hydrogen-bond acceptors (Lipinski definition) is 2. The van der Waals surface area contributed by atoms with Gasteiger partial charge in [-0.1, -0.05) is 13.8 Å². The second kappa shape index (κ2) is 3.38. The highest BCUT2D eigenvalue weighted by Crippen LogP contribution is 2.37. The van der Waals surface area contributed by atoms with Gasteiger partial charge in [-0.2, -0.15) is 0 Å². The van der Waals surface area contributed by atoms with E-state index in [2.05, 4.69) is 13.8 Å². The molecule has 0 aromatic rings. The zero-order chi connectivity index (χ0) is 9.19. The Kier molecular flexibility index (Phi) is 2.65. The van der Waals surface area contributed by atoms with Crippen molar-refractivity contribution >= 4 is 12.1 Å². The monoisotopic (exact) mass is 168 g/mol. The van der Waals surface area contributed by atoms with Crippen molar-refractivity contribution in [2.75, 3.05) is 0 Å². The average molecular weight is 168 g/mol. The van der Waals surface area contributed by atoms with E-state index in [-0.39, 0.29) is 5.41 Å². The molecule has 1 saturated carbocycles. The largest absolute Gasteiger partial charge is 0.303 e. The first-order valence-electron chi connectivity index (χ1n) is 4.49. The SMILES string of the molecule is CC1(C)CC(=O)CC(CC=O)C1. The molecule has 1 aliphatic rings. The van der Waals surface area contributed by atoms with Crippen LogP contribution in [-0.4, -0.2) is 12.1 Å². The summed E-state index contributed by atoms with van der Waals surface area (Å²) in [6.45, 7) is 4.20. The molecule has 0 heterocycles. The molecule has 68 valence electrons. The normalized spacial score (nSPS) is 28.5. The highest BCUT2D eigenvalue weighted by molar-refractivity contribution is 5.80. The molecule has 1 atom stereocenters. The molecule has 0 aromatic heterocycles. The summed E-state index contributed by atoms with van der Waals surface area (Å²) in [5, 5.41) is 0. The molecule has 0 aliphatic heterocycles. The van der Waals surface area contributed by atoms with Gasteiger partial charge in [-0.25, -0.2) is 0 Å². The lowest BCUT2D eigenvalue weighted by Crippen LogP contribution is -2.29. The molecule has 2 heteroatoms. The van der Waals surface area contributed by atoms with Gasteiger partial charge in [0.15, 0.2) is 0 Å². The number of Topliss-reactive ketones (excluding diaryl/α,β-unsaturated/α-hetero) is 1. The van der Waals surface area contributed by atoms with E-state index in [0.717, 1.165) is 12.7 Å². The van der Waals surface area contributed by atoms with Crippen LogP contribution in [0.1, 0.15) is 39.5 Å². The second-order valence-corrected chi connectivity index (χ2v) is 4.56. The highest BCUT2D eigenvalue weighted by atomic mass is 16.1. The van der Waals surface area contributed by atoms with Crippen molar-refractivity contribution in [3.8, 4) is 0 Å². The summed E-state index contributed by atoms with van der Waals surface area (Å²) < 4.78 is 0. The molecule has 0 spiro atoms. The van der Waals surface area contributed by atoms with Gasteiger partial charge in [0, 0.05) is 19.3 Å². The van der Waals surface area contributed by atoms with Crippen LogP contribution in [0.15, 0.2) is 0 Å². The van der Waals surface area contributed by atoms with Crippen LogP contribution in [0.5, 0.6) is 0 Å². The molecular weight excluding hydrogens is 152 g/mol. The fourth-order valence-electron chi connectivity index (χ4n) is 2.16. The highest BCUT2D eigenvalue weighted by Gasteiger charge is 2.32. The van der Waals surface area contributed by atoms with E-state index in [1.54, 1.807) is 0 Å². The number of carbonyl (C=O) groups excluding carboxylic acids is 2. The van der Waals surface area contributed by atoms with Crippen molar-refractivity contribution in [2.24, 2.45) is 11.3 Å². The van der Waals surface area contributed by atoms with Crippen molar-refractivity contribution in [3.63, 3.8) is 0 Å². The number of aldehydes is 1. The van der Waals surface area contributed by atoms with Gasteiger partial charge in [-0.15, -0.1) is 0 Å². The fourth-order valence-corrected chi connectivity index (χ4v) is 2.16. The molecular formula is C10H16O2. The Bertz CT molecular complexity index is 194. The minimum atomic E-state index is 0.114. The summed E-state index contributed by atoms with van der Waals surface area (Å²) in [6.07, 6.45) is 3.79. The van der Waals surface area contributed by atoms with Crippen molar-refractivity contribution < 1.29 is 9.59 Å². The zero-order valence-electron chi connectivity index (χ0n) is 7.80. The van der Waals surface area contributed by atoms with Gasteiger partial charge >= 0.3 is 0 Å². The van der Waals surface area contributed by atoms with Crippen LogP contribution >= 0.6 is 0 Å². The Hall–Kier alpha value is -0.660. The van der Waals surface area contributed by atoms with E-state index in [1.807, 2.05) is 0 Å². The molecule has 0 saturated heterocycles. The fraction of sp³-hybridized carbons (Fsp3) is 0.800. The molecule has 0 N–H and O–H groups in total. The van der Waals surface area contributed by atoms with Gasteiger partial charge in [-0.05, 0) is 17.8 Å². The third-order valence-electron chi connectivity index (χ3n) is 2.46. The van der Waals surface area contributed by atoms with Crippen LogP contribution in [0, 0.1) is 11.3 Å². The lowest BCUT2D eigenvalue weighted by atomic mass is 9.71. The molecule has 0 amide bonds. The van der Waals surface area contributed by atoms with E-state index in [9.17, 15) is 9.59 Å². The van der Waals surface area contributed by atoms with Crippen molar-refractivity contribution in [3.05, 3.63) is 0 Å². The Morgan fingerprint density at radius 1 is 1.58 bits per heavy atom. The minimum Gasteiger partial charge on any atom is -0.303 e. The summed E-state index contributed by atoms with van der Waals surface area (Å²) >= 11 is 0. The van der Waals surface area contributed by atoms with Crippen molar-refractivity contribution in [2.45, 2.75) is 39.5 Å². The van der Waals surface area contributed by atoms with Crippen LogP contribution < -0.4 is 0 Å². The van der Waals surface area contributed by atoms with Gasteiger partial charge in [-0.3, -0.25) is 4.79 Å². The maximum Gasteiger partial charge on any atom is 0.133 e. The lowest BCUT2D eigenvalue weighted by molar-refractivity contribution is -0.125. The quantitative estimate of drug-likeness (QED) is 0.591. The average Bonchev–Trinajstić information content (AvgIpc) is 1.82. The van der Waals surface area contributed by atoms with E-state index in [0.29, 0.717) is 31.0 Å². The first-order chi connectivity index (χ1) is 5.53. The predicted octanol–water partition coefficient (Wildman–Crippen LogP) is 1.97. The van der Waals surface area contributed by atoms with E-state index in [4.69, 9.17) is 0 Å². The summed E-state index contributed by atoms with van der Waals surface area (Å²) in [7, 11) is 0. The first-order valence-corrected chi connectivity index (χ1v) is 4.49. The topological polar surface area (TPSA) is 34.1 Å². The Morgan fingerprint density at radius 3 is 2.75 bits per heavy atom. The number of ketones is 1.